The van der Waals surface area contributed by atoms with E-state index < -0.39 is 17.9 Å². The van der Waals surface area contributed by atoms with Crippen molar-refractivity contribution >= 4 is 17.9 Å². The molecule has 0 aliphatic heterocycles. The van der Waals surface area contributed by atoms with E-state index in [0.29, 0.717) is 60.0 Å². The molecule has 0 N–H and O–H groups in total. The van der Waals surface area contributed by atoms with Crippen molar-refractivity contribution in [3.05, 3.63) is 101 Å². The highest BCUT2D eigenvalue weighted by Crippen LogP contribution is 2.22. The van der Waals surface area contributed by atoms with Gasteiger partial charge in [0, 0.05) is 5.57 Å². The second-order valence-corrected chi connectivity index (χ2v) is 10.9. The van der Waals surface area contributed by atoms with Gasteiger partial charge in [-0.1, -0.05) is 57.7 Å². The van der Waals surface area contributed by atoms with E-state index >= 15 is 0 Å². The van der Waals surface area contributed by atoms with E-state index in [4.69, 9.17) is 18.9 Å². The summed E-state index contributed by atoms with van der Waals surface area (Å²) in [4.78, 5) is 36.8. The first-order valence-corrected chi connectivity index (χ1v) is 15.5. The van der Waals surface area contributed by atoms with Gasteiger partial charge < -0.3 is 18.9 Å². The molecule has 0 aliphatic carbocycles. The molecule has 0 aliphatic rings. The lowest BCUT2D eigenvalue weighted by molar-refractivity contribution is -0.139. The molecule has 3 aromatic carbocycles. The smallest absolute Gasteiger partial charge is 0.343 e. The highest BCUT2D eigenvalue weighted by atomic mass is 16.5. The first-order chi connectivity index (χ1) is 21.3. The maximum Gasteiger partial charge on any atom is 0.343 e. The van der Waals surface area contributed by atoms with E-state index in [2.05, 4.69) is 13.5 Å². The summed E-state index contributed by atoms with van der Waals surface area (Å²) in [6, 6.07) is 19.0. The monoisotopic (exact) mass is 600 g/mol. The van der Waals surface area contributed by atoms with Gasteiger partial charge in [-0.15, -0.1) is 0 Å². The van der Waals surface area contributed by atoms with Crippen LogP contribution in [0.2, 0.25) is 0 Å². The van der Waals surface area contributed by atoms with Crippen molar-refractivity contribution in [2.24, 2.45) is 0 Å². The first-order valence-electron chi connectivity index (χ1n) is 15.5. The number of ether oxygens (including phenoxy) is 4. The number of esters is 3. The predicted octanol–water partition coefficient (Wildman–Crippen LogP) is 8.61. The van der Waals surface area contributed by atoms with Crippen LogP contribution in [0.5, 0.6) is 17.2 Å². The molecule has 0 saturated carbocycles. The minimum atomic E-state index is -0.518. The zero-order valence-electron chi connectivity index (χ0n) is 26.2. The minimum absolute atomic E-state index is 0.314. The summed E-state index contributed by atoms with van der Waals surface area (Å²) >= 11 is 0. The summed E-state index contributed by atoms with van der Waals surface area (Å²) in [7, 11) is 0. The van der Waals surface area contributed by atoms with Gasteiger partial charge in [-0.05, 0) is 105 Å². The molecule has 3 rings (SSSR count). The van der Waals surface area contributed by atoms with E-state index in [0.717, 1.165) is 18.4 Å². The number of aryl methyl sites for hydroxylation is 2. The van der Waals surface area contributed by atoms with Crippen LogP contribution in [0, 0.1) is 6.92 Å². The van der Waals surface area contributed by atoms with Crippen molar-refractivity contribution in [3.63, 3.8) is 0 Å². The second-order valence-electron chi connectivity index (χ2n) is 10.9. The summed E-state index contributed by atoms with van der Waals surface area (Å²) in [5, 5.41) is 0. The molecule has 0 aromatic heterocycles. The molecule has 0 atom stereocenters. The largest absolute Gasteiger partial charge is 0.493 e. The SMILES string of the molecule is C=C(C)C(=O)OCCCCOc1ccc(C(=O)Oc2ccc(C(=O)Oc3ccc(CCCCCCCC)cc3)cc2)cc1C. The Balaban J connectivity index is 1.42. The lowest BCUT2D eigenvalue weighted by Crippen LogP contribution is -2.11. The molecule has 44 heavy (non-hydrogen) atoms. The lowest BCUT2D eigenvalue weighted by Gasteiger charge is -2.11. The molecule has 234 valence electrons. The lowest BCUT2D eigenvalue weighted by atomic mass is 10.0. The Bertz CT molecular complexity index is 1370. The maximum absolute atomic E-state index is 12.7. The number of carbonyl (C=O) groups is 3. The van der Waals surface area contributed by atoms with Crippen molar-refractivity contribution in [1.29, 1.82) is 0 Å². The second kappa shape index (κ2) is 18.3. The fourth-order valence-corrected chi connectivity index (χ4v) is 4.44. The summed E-state index contributed by atoms with van der Waals surface area (Å²) < 4.78 is 21.9. The van der Waals surface area contributed by atoms with Crippen molar-refractivity contribution in [3.8, 4) is 17.2 Å². The van der Waals surface area contributed by atoms with Gasteiger partial charge in [0.05, 0.1) is 24.3 Å². The summed E-state index contributed by atoms with van der Waals surface area (Å²) in [5.74, 6) is 0.0783. The fourth-order valence-electron chi connectivity index (χ4n) is 4.44. The summed E-state index contributed by atoms with van der Waals surface area (Å²) in [6.07, 6.45) is 9.96. The van der Waals surface area contributed by atoms with Gasteiger partial charge in [-0.2, -0.15) is 0 Å². The van der Waals surface area contributed by atoms with Gasteiger partial charge in [0.15, 0.2) is 0 Å². The molecule has 7 nitrogen and oxygen atoms in total. The van der Waals surface area contributed by atoms with E-state index in [-0.39, 0.29) is 0 Å². The number of rotatable bonds is 18. The number of unbranched alkanes of at least 4 members (excludes halogenated alkanes) is 6. The van der Waals surface area contributed by atoms with Crippen LogP contribution in [0.1, 0.15) is 97.1 Å². The average molecular weight is 601 g/mol. The molecular formula is C37H44O7. The van der Waals surface area contributed by atoms with Crippen LogP contribution in [-0.2, 0) is 16.0 Å². The molecule has 0 amide bonds. The highest BCUT2D eigenvalue weighted by Gasteiger charge is 2.13. The van der Waals surface area contributed by atoms with Crippen LogP contribution in [0.25, 0.3) is 0 Å². The van der Waals surface area contributed by atoms with Gasteiger partial charge >= 0.3 is 17.9 Å². The third-order valence-electron chi connectivity index (χ3n) is 7.04. The molecule has 0 fully saturated rings. The van der Waals surface area contributed by atoms with E-state index in [1.54, 1.807) is 49.4 Å². The minimum Gasteiger partial charge on any atom is -0.493 e. The van der Waals surface area contributed by atoms with Crippen molar-refractivity contribution in [1.82, 2.24) is 0 Å². The molecular weight excluding hydrogens is 556 g/mol. The quantitative estimate of drug-likeness (QED) is 0.0625. The van der Waals surface area contributed by atoms with Gasteiger partial charge in [0.25, 0.3) is 0 Å². The third kappa shape index (κ3) is 11.7. The molecule has 3 aromatic rings. The van der Waals surface area contributed by atoms with Gasteiger partial charge in [0.2, 0.25) is 0 Å². The molecule has 0 heterocycles. The van der Waals surface area contributed by atoms with Crippen molar-refractivity contribution in [2.75, 3.05) is 13.2 Å². The first kappa shape index (κ1) is 34.1. The number of benzene rings is 3. The number of hydrogen-bond acceptors (Lipinski definition) is 7. The molecule has 0 saturated heterocycles. The van der Waals surface area contributed by atoms with E-state index in [9.17, 15) is 14.4 Å². The Hall–Kier alpha value is -4.39. The standard InChI is InChI=1S/C37H44O7/c1-5-6-7-8-9-10-13-29-14-19-32(20-15-29)43-36(39)30-16-21-33(22-17-30)44-37(40)31-18-23-34(28(4)26-31)41-24-11-12-25-42-35(38)27(2)3/h14-23,26H,2,5-13,24-25H2,1,3-4H3. The Kier molecular flexibility index (Phi) is 14.2. The number of hydrogen-bond donors (Lipinski definition) is 0. The molecule has 0 unspecified atom stereocenters. The molecule has 0 spiro atoms. The number of carbonyl (C=O) groups excluding carboxylic acids is 3. The topological polar surface area (TPSA) is 88.1 Å². The zero-order valence-corrected chi connectivity index (χ0v) is 26.2. The van der Waals surface area contributed by atoms with Crippen LogP contribution in [0.3, 0.4) is 0 Å². The normalized spacial score (nSPS) is 10.6. The Morgan fingerprint density at radius 2 is 1.25 bits per heavy atom. The fraction of sp³-hybridized carbons (Fsp3) is 0.378. The van der Waals surface area contributed by atoms with Gasteiger partial charge in [-0.3, -0.25) is 0 Å². The average Bonchev–Trinajstić information content (AvgIpc) is 3.02. The molecule has 0 radical (unpaired) electrons. The zero-order chi connectivity index (χ0) is 31.7. The van der Waals surface area contributed by atoms with Gasteiger partial charge in [-0.25, -0.2) is 14.4 Å². The van der Waals surface area contributed by atoms with Crippen molar-refractivity contribution < 1.29 is 33.3 Å². The Labute approximate surface area is 261 Å². The molecule has 0 bridgehead atoms. The Morgan fingerprint density at radius 1 is 0.682 bits per heavy atom. The summed E-state index contributed by atoms with van der Waals surface area (Å²) in [6.45, 7) is 10.0. The third-order valence-corrected chi connectivity index (χ3v) is 7.04. The van der Waals surface area contributed by atoms with Crippen LogP contribution in [0.4, 0.5) is 0 Å². The maximum atomic E-state index is 12.7. The van der Waals surface area contributed by atoms with Crippen molar-refractivity contribution in [2.45, 2.75) is 78.6 Å². The van der Waals surface area contributed by atoms with Crippen LogP contribution in [-0.4, -0.2) is 31.1 Å². The van der Waals surface area contributed by atoms with Crippen LogP contribution >= 0.6 is 0 Å². The summed E-state index contributed by atoms with van der Waals surface area (Å²) in [5.41, 5.74) is 3.14. The highest BCUT2D eigenvalue weighted by molar-refractivity contribution is 5.93. The van der Waals surface area contributed by atoms with E-state index in [1.807, 2.05) is 31.2 Å². The van der Waals surface area contributed by atoms with Crippen LogP contribution < -0.4 is 14.2 Å². The molecule has 7 heteroatoms. The van der Waals surface area contributed by atoms with Gasteiger partial charge in [0.1, 0.15) is 17.2 Å². The predicted molar refractivity (Wildman–Crippen MR) is 172 cm³/mol. The Morgan fingerprint density at radius 3 is 1.89 bits per heavy atom. The van der Waals surface area contributed by atoms with E-state index in [1.165, 1.54) is 37.7 Å². The van der Waals surface area contributed by atoms with Crippen LogP contribution in [0.15, 0.2) is 78.9 Å².